The molecule has 1 atom stereocenters. The zero-order valence-electron chi connectivity index (χ0n) is 11.7. The number of benzene rings is 1. The van der Waals surface area contributed by atoms with Gasteiger partial charge in [0.15, 0.2) is 0 Å². The molecule has 4 nitrogen and oxygen atoms in total. The van der Waals surface area contributed by atoms with Crippen molar-refractivity contribution in [3.05, 3.63) is 35.9 Å². The molecular formula is C14H19F3N2O2. The Balaban J connectivity index is 2.56. The lowest BCUT2D eigenvalue weighted by molar-refractivity contribution is -0.141. The third kappa shape index (κ3) is 7.67. The molecule has 0 radical (unpaired) electrons. The minimum atomic E-state index is -4.31. The molecule has 0 heterocycles. The van der Waals surface area contributed by atoms with Crippen molar-refractivity contribution in [2.75, 3.05) is 26.8 Å². The topological polar surface area (TPSA) is 50.4 Å². The average molecular weight is 304 g/mol. The molecular weight excluding hydrogens is 285 g/mol. The highest BCUT2D eigenvalue weighted by atomic mass is 19.4. The first-order chi connectivity index (χ1) is 9.92. The van der Waals surface area contributed by atoms with Gasteiger partial charge in [0.25, 0.3) is 0 Å². The number of nitrogens with one attached hydrogen (secondary N) is 2. The molecule has 0 saturated heterocycles. The largest absolute Gasteiger partial charge is 0.390 e. The van der Waals surface area contributed by atoms with E-state index in [1.54, 1.807) is 30.3 Å². The second-order valence-electron chi connectivity index (χ2n) is 4.51. The van der Waals surface area contributed by atoms with Crippen LogP contribution in [-0.2, 0) is 9.53 Å². The van der Waals surface area contributed by atoms with Crippen LogP contribution in [0.15, 0.2) is 30.3 Å². The Morgan fingerprint density at radius 1 is 1.29 bits per heavy atom. The molecule has 2 N–H and O–H groups in total. The summed E-state index contributed by atoms with van der Waals surface area (Å²) in [6.07, 6.45) is -5.33. The Labute approximate surface area is 121 Å². The average Bonchev–Trinajstić information content (AvgIpc) is 2.43. The van der Waals surface area contributed by atoms with Crippen molar-refractivity contribution in [3.8, 4) is 0 Å². The molecule has 118 valence electrons. The van der Waals surface area contributed by atoms with Crippen molar-refractivity contribution in [1.82, 2.24) is 10.6 Å². The predicted molar refractivity (Wildman–Crippen MR) is 72.7 cm³/mol. The lowest BCUT2D eigenvalue weighted by Crippen LogP contribution is -2.38. The number of hydrogen-bond donors (Lipinski definition) is 2. The van der Waals surface area contributed by atoms with E-state index in [0.29, 0.717) is 18.7 Å². The van der Waals surface area contributed by atoms with Gasteiger partial charge in [-0.1, -0.05) is 30.3 Å². The van der Waals surface area contributed by atoms with Gasteiger partial charge >= 0.3 is 6.18 Å². The van der Waals surface area contributed by atoms with Crippen LogP contribution in [0.1, 0.15) is 18.0 Å². The first-order valence-electron chi connectivity index (χ1n) is 6.53. The van der Waals surface area contributed by atoms with Crippen molar-refractivity contribution in [1.29, 1.82) is 0 Å². The van der Waals surface area contributed by atoms with E-state index in [9.17, 15) is 18.0 Å². The molecule has 1 rings (SSSR count). The maximum atomic E-state index is 12.6. The Bertz CT molecular complexity index is 424. The number of methoxy groups -OCH3 is 1. The Morgan fingerprint density at radius 3 is 2.52 bits per heavy atom. The van der Waals surface area contributed by atoms with Crippen LogP contribution in [-0.4, -0.2) is 38.9 Å². The van der Waals surface area contributed by atoms with E-state index in [2.05, 4.69) is 10.6 Å². The first kappa shape index (κ1) is 17.5. The van der Waals surface area contributed by atoms with Gasteiger partial charge in [-0.05, 0) is 5.56 Å². The zero-order valence-corrected chi connectivity index (χ0v) is 11.7. The number of carbonyl (C=O) groups excluding carboxylic acids is 1. The summed E-state index contributed by atoms with van der Waals surface area (Å²) in [6.45, 7) is 0.502. The molecule has 0 saturated carbocycles. The molecule has 0 aliphatic carbocycles. The van der Waals surface area contributed by atoms with Crippen molar-refractivity contribution >= 4 is 5.91 Å². The second kappa shape index (κ2) is 8.63. The molecule has 0 aliphatic rings. The van der Waals surface area contributed by atoms with Crippen molar-refractivity contribution in [3.63, 3.8) is 0 Å². The minimum Gasteiger partial charge on any atom is -0.383 e. The summed E-state index contributed by atoms with van der Waals surface area (Å²) < 4.78 is 42.6. The van der Waals surface area contributed by atoms with Crippen LogP contribution in [0.5, 0.6) is 0 Å². The maximum Gasteiger partial charge on any atom is 0.390 e. The van der Waals surface area contributed by atoms with Crippen LogP contribution in [0.25, 0.3) is 0 Å². The molecule has 0 fully saturated rings. The van der Waals surface area contributed by atoms with E-state index in [1.807, 2.05) is 0 Å². The molecule has 1 aromatic rings. The Hall–Kier alpha value is -1.60. The summed E-state index contributed by atoms with van der Waals surface area (Å²) in [5.41, 5.74) is 0.500. The number of hydrogen-bond acceptors (Lipinski definition) is 3. The molecule has 0 aromatic heterocycles. The highest BCUT2D eigenvalue weighted by Gasteiger charge is 2.32. The van der Waals surface area contributed by atoms with E-state index >= 15 is 0 Å². The maximum absolute atomic E-state index is 12.6. The van der Waals surface area contributed by atoms with Gasteiger partial charge in [-0.3, -0.25) is 4.79 Å². The number of alkyl halides is 3. The van der Waals surface area contributed by atoms with Gasteiger partial charge in [0.05, 0.1) is 19.6 Å². The van der Waals surface area contributed by atoms with Crippen LogP contribution in [0.2, 0.25) is 0 Å². The van der Waals surface area contributed by atoms with Crippen LogP contribution < -0.4 is 10.6 Å². The van der Waals surface area contributed by atoms with E-state index in [0.717, 1.165) is 0 Å². The normalized spacial score (nSPS) is 13.0. The van der Waals surface area contributed by atoms with Crippen molar-refractivity contribution in [2.24, 2.45) is 0 Å². The highest BCUT2D eigenvalue weighted by Crippen LogP contribution is 2.29. The Morgan fingerprint density at radius 2 is 1.95 bits per heavy atom. The standard InChI is InChI=1S/C14H19F3N2O2/c1-21-8-7-18-13(20)10-19-12(9-14(15,16)17)11-5-3-2-4-6-11/h2-6,12,19H,7-10H2,1H3,(H,18,20). The van der Waals surface area contributed by atoms with Gasteiger partial charge in [0.2, 0.25) is 5.91 Å². The summed E-state index contributed by atoms with van der Waals surface area (Å²) in [5.74, 6) is -0.366. The molecule has 0 spiro atoms. The van der Waals surface area contributed by atoms with Crippen LogP contribution in [0, 0.1) is 0 Å². The summed E-state index contributed by atoms with van der Waals surface area (Å²) in [6, 6.07) is 7.32. The van der Waals surface area contributed by atoms with Crippen LogP contribution >= 0.6 is 0 Å². The van der Waals surface area contributed by atoms with Gasteiger partial charge in [0.1, 0.15) is 0 Å². The second-order valence-corrected chi connectivity index (χ2v) is 4.51. The number of amides is 1. The van der Waals surface area contributed by atoms with Gasteiger partial charge in [-0.15, -0.1) is 0 Å². The van der Waals surface area contributed by atoms with Crippen molar-refractivity contribution in [2.45, 2.75) is 18.6 Å². The van der Waals surface area contributed by atoms with Crippen molar-refractivity contribution < 1.29 is 22.7 Å². The lowest BCUT2D eigenvalue weighted by atomic mass is 10.0. The fraction of sp³-hybridized carbons (Fsp3) is 0.500. The number of ether oxygens (including phenoxy) is 1. The molecule has 1 aromatic carbocycles. The Kier molecular flexibility index (Phi) is 7.18. The van der Waals surface area contributed by atoms with E-state index < -0.39 is 18.6 Å². The summed E-state index contributed by atoms with van der Waals surface area (Å²) >= 11 is 0. The lowest BCUT2D eigenvalue weighted by Gasteiger charge is -2.20. The smallest absolute Gasteiger partial charge is 0.383 e. The van der Waals surface area contributed by atoms with E-state index in [4.69, 9.17) is 4.74 Å². The third-order valence-electron chi connectivity index (χ3n) is 2.77. The quantitative estimate of drug-likeness (QED) is 0.723. The number of halogens is 3. The molecule has 0 aliphatic heterocycles. The van der Waals surface area contributed by atoms with Gasteiger partial charge in [-0.25, -0.2) is 0 Å². The van der Waals surface area contributed by atoms with Crippen LogP contribution in [0.4, 0.5) is 13.2 Å². The summed E-state index contributed by atoms with van der Waals surface area (Å²) in [5, 5.41) is 5.19. The van der Waals surface area contributed by atoms with Gasteiger partial charge < -0.3 is 15.4 Å². The summed E-state index contributed by atoms with van der Waals surface area (Å²) in [7, 11) is 1.50. The molecule has 1 amide bonds. The van der Waals surface area contributed by atoms with E-state index in [1.165, 1.54) is 7.11 Å². The molecule has 0 bridgehead atoms. The third-order valence-corrected chi connectivity index (χ3v) is 2.77. The molecule has 7 heteroatoms. The number of carbonyl (C=O) groups is 1. The fourth-order valence-electron chi connectivity index (χ4n) is 1.80. The minimum absolute atomic E-state index is 0.181. The molecule has 1 unspecified atom stereocenters. The first-order valence-corrected chi connectivity index (χ1v) is 6.53. The van der Waals surface area contributed by atoms with Crippen LogP contribution in [0.3, 0.4) is 0 Å². The SMILES string of the molecule is COCCNC(=O)CNC(CC(F)(F)F)c1ccccc1. The zero-order chi connectivity index (χ0) is 15.7. The van der Waals surface area contributed by atoms with E-state index in [-0.39, 0.29) is 12.5 Å². The van der Waals surface area contributed by atoms with Gasteiger partial charge in [0, 0.05) is 19.7 Å². The number of rotatable bonds is 8. The highest BCUT2D eigenvalue weighted by molar-refractivity contribution is 5.78. The predicted octanol–water partition coefficient (Wildman–Crippen LogP) is 2.03. The van der Waals surface area contributed by atoms with Gasteiger partial charge in [-0.2, -0.15) is 13.2 Å². The molecule has 21 heavy (non-hydrogen) atoms. The monoisotopic (exact) mass is 304 g/mol. The fourth-order valence-corrected chi connectivity index (χ4v) is 1.80. The summed E-state index contributed by atoms with van der Waals surface area (Å²) in [4.78, 5) is 11.5.